The van der Waals surface area contributed by atoms with Crippen molar-refractivity contribution in [2.45, 2.75) is 0 Å². The number of benzene rings is 1. The fourth-order valence-corrected chi connectivity index (χ4v) is 2.69. The highest BCUT2D eigenvalue weighted by Gasteiger charge is 2.08. The van der Waals surface area contributed by atoms with E-state index in [0.717, 1.165) is 15.4 Å². The van der Waals surface area contributed by atoms with Crippen molar-refractivity contribution in [2.75, 3.05) is 7.11 Å². The van der Waals surface area contributed by atoms with E-state index >= 15 is 0 Å². The second-order valence-electron chi connectivity index (χ2n) is 3.04. The first-order valence-electron chi connectivity index (χ1n) is 4.48. The van der Waals surface area contributed by atoms with Crippen molar-refractivity contribution < 1.29 is 4.74 Å². The van der Waals surface area contributed by atoms with E-state index in [2.05, 4.69) is 4.98 Å². The van der Waals surface area contributed by atoms with Gasteiger partial charge >= 0.3 is 0 Å². The van der Waals surface area contributed by atoms with Gasteiger partial charge in [0.05, 0.1) is 9.90 Å². The van der Waals surface area contributed by atoms with E-state index in [9.17, 15) is 0 Å². The van der Waals surface area contributed by atoms with Gasteiger partial charge in [0.15, 0.2) is 0 Å². The van der Waals surface area contributed by atoms with Gasteiger partial charge in [-0.1, -0.05) is 29.3 Å². The van der Waals surface area contributed by atoms with Crippen LogP contribution in [0.25, 0.3) is 10.4 Å². The number of thiazole rings is 1. The predicted octanol–water partition coefficient (Wildman–Crippen LogP) is 4.27. The van der Waals surface area contributed by atoms with Gasteiger partial charge in [0.1, 0.15) is 11.6 Å². The normalized spacial score (nSPS) is 10.7. The largest absolute Gasteiger partial charge is 0.371 e. The molecule has 2 aromatic rings. The molecule has 1 radical (unpaired) electrons. The average Bonchev–Trinajstić information content (AvgIpc) is 2.67. The molecule has 1 aromatic heterocycles. The van der Waals surface area contributed by atoms with Gasteiger partial charge < -0.3 is 4.74 Å². The Morgan fingerprint density at radius 2 is 2.19 bits per heavy atom. The molecule has 1 aromatic carbocycles. The lowest BCUT2D eigenvalue weighted by Crippen LogP contribution is -1.79. The van der Waals surface area contributed by atoms with E-state index in [0.29, 0.717) is 10.0 Å². The van der Waals surface area contributed by atoms with Crippen LogP contribution in [0.1, 0.15) is 5.01 Å². The summed E-state index contributed by atoms with van der Waals surface area (Å²) in [6.07, 6.45) is 1.77. The molecule has 0 unspecified atom stereocenters. The Morgan fingerprint density at radius 3 is 2.88 bits per heavy atom. The minimum absolute atomic E-state index is 0.625. The number of nitrogens with zero attached hydrogens (tertiary/aromatic N) is 1. The number of hydrogen-bond donors (Lipinski definition) is 0. The Morgan fingerprint density at radius 1 is 1.38 bits per heavy atom. The topological polar surface area (TPSA) is 22.1 Å². The summed E-state index contributed by atoms with van der Waals surface area (Å²) >= 11 is 13.5. The standard InChI is InChI=1S/C11H8Cl2NOS/c1-15-6-11-14-5-10(16-11)8-3-2-7(12)4-9(8)13/h2-6H,1H3. The maximum Gasteiger partial charge on any atom is 0.141 e. The van der Waals surface area contributed by atoms with Crippen molar-refractivity contribution >= 4 is 34.5 Å². The van der Waals surface area contributed by atoms with Crippen LogP contribution in [-0.4, -0.2) is 12.1 Å². The van der Waals surface area contributed by atoms with Crippen LogP contribution < -0.4 is 0 Å². The molecule has 0 aliphatic carbocycles. The fraction of sp³-hybridized carbons (Fsp3) is 0.0909. The highest BCUT2D eigenvalue weighted by atomic mass is 35.5. The van der Waals surface area contributed by atoms with Gasteiger partial charge in [-0.25, -0.2) is 4.98 Å². The van der Waals surface area contributed by atoms with Crippen LogP contribution in [0.5, 0.6) is 0 Å². The molecular weight excluding hydrogens is 265 g/mol. The molecule has 0 saturated carbocycles. The van der Waals surface area contributed by atoms with Crippen LogP contribution in [0.2, 0.25) is 10.0 Å². The Hall–Kier alpha value is -0.610. The molecule has 0 N–H and O–H groups in total. The van der Waals surface area contributed by atoms with Crippen molar-refractivity contribution in [3.8, 4) is 10.4 Å². The van der Waals surface area contributed by atoms with Crippen LogP contribution in [0.4, 0.5) is 0 Å². The maximum absolute atomic E-state index is 6.10. The van der Waals surface area contributed by atoms with E-state index in [1.54, 1.807) is 26.0 Å². The van der Waals surface area contributed by atoms with Gasteiger partial charge in [0, 0.05) is 23.9 Å². The Labute approximate surface area is 108 Å². The highest BCUT2D eigenvalue weighted by molar-refractivity contribution is 7.15. The van der Waals surface area contributed by atoms with Crippen molar-refractivity contribution in [1.29, 1.82) is 0 Å². The number of rotatable bonds is 3. The van der Waals surface area contributed by atoms with Crippen LogP contribution in [-0.2, 0) is 4.74 Å². The second-order valence-corrected chi connectivity index (χ2v) is 4.95. The lowest BCUT2D eigenvalue weighted by atomic mass is 10.2. The lowest BCUT2D eigenvalue weighted by Gasteiger charge is -2.00. The molecular formula is C11H8Cl2NOS. The zero-order valence-corrected chi connectivity index (χ0v) is 10.7. The van der Waals surface area contributed by atoms with Crippen LogP contribution >= 0.6 is 34.5 Å². The van der Waals surface area contributed by atoms with E-state index in [1.165, 1.54) is 11.3 Å². The molecule has 0 bridgehead atoms. The summed E-state index contributed by atoms with van der Waals surface area (Å²) in [4.78, 5) is 5.18. The van der Waals surface area contributed by atoms with E-state index in [-0.39, 0.29) is 0 Å². The summed E-state index contributed by atoms with van der Waals surface area (Å²) in [5, 5.41) is 2.06. The molecule has 0 saturated heterocycles. The molecule has 0 fully saturated rings. The van der Waals surface area contributed by atoms with Gasteiger partial charge in [-0.2, -0.15) is 0 Å². The SMILES string of the molecule is CO[CH]c1ncc(-c2ccc(Cl)cc2Cl)s1. The summed E-state index contributed by atoms with van der Waals surface area (Å²) in [5.74, 6) is 0. The number of halogens is 2. The lowest BCUT2D eigenvalue weighted by molar-refractivity contribution is 0.292. The molecule has 16 heavy (non-hydrogen) atoms. The van der Waals surface area contributed by atoms with Gasteiger partial charge in [-0.05, 0) is 12.1 Å². The molecule has 2 nitrogen and oxygen atoms in total. The molecule has 0 aliphatic rings. The summed E-state index contributed by atoms with van der Waals surface area (Å²) in [5.41, 5.74) is 0.930. The Balaban J connectivity index is 2.35. The maximum atomic E-state index is 6.10. The van der Waals surface area contributed by atoms with Crippen LogP contribution in [0.15, 0.2) is 24.4 Å². The summed E-state index contributed by atoms with van der Waals surface area (Å²) < 4.78 is 4.90. The molecule has 1 heterocycles. The summed E-state index contributed by atoms with van der Waals surface area (Å²) in [6, 6.07) is 5.41. The quantitative estimate of drug-likeness (QED) is 0.833. The van der Waals surface area contributed by atoms with E-state index < -0.39 is 0 Å². The zero-order chi connectivity index (χ0) is 11.5. The van der Waals surface area contributed by atoms with Crippen molar-refractivity contribution in [3.63, 3.8) is 0 Å². The molecule has 2 rings (SSSR count). The second kappa shape index (κ2) is 5.15. The van der Waals surface area contributed by atoms with Crippen LogP contribution in [0.3, 0.4) is 0 Å². The first-order valence-corrected chi connectivity index (χ1v) is 6.05. The number of hydrogen-bond acceptors (Lipinski definition) is 3. The van der Waals surface area contributed by atoms with Crippen LogP contribution in [0, 0.1) is 6.61 Å². The average molecular weight is 273 g/mol. The van der Waals surface area contributed by atoms with E-state index in [4.69, 9.17) is 27.9 Å². The summed E-state index contributed by atoms with van der Waals surface area (Å²) in [7, 11) is 1.59. The minimum atomic E-state index is 0.625. The van der Waals surface area contributed by atoms with Gasteiger partial charge in [0.2, 0.25) is 0 Å². The molecule has 5 heteroatoms. The Bertz CT molecular complexity index is 498. The third-order valence-electron chi connectivity index (χ3n) is 1.94. The van der Waals surface area contributed by atoms with Gasteiger partial charge in [-0.15, -0.1) is 11.3 Å². The van der Waals surface area contributed by atoms with Crippen molar-refractivity contribution in [1.82, 2.24) is 4.98 Å². The Kier molecular flexibility index (Phi) is 3.82. The molecule has 83 valence electrons. The fourth-order valence-electron chi connectivity index (χ4n) is 1.26. The molecule has 0 spiro atoms. The number of methoxy groups -OCH3 is 1. The van der Waals surface area contributed by atoms with Crippen molar-refractivity contribution in [3.05, 3.63) is 46.1 Å². The predicted molar refractivity (Wildman–Crippen MR) is 68.0 cm³/mol. The molecule has 0 amide bonds. The third kappa shape index (κ3) is 2.55. The highest BCUT2D eigenvalue weighted by Crippen LogP contribution is 2.34. The molecule has 0 aliphatic heterocycles. The first kappa shape index (κ1) is 11.9. The van der Waals surface area contributed by atoms with Gasteiger partial charge in [0.25, 0.3) is 0 Å². The number of ether oxygens (including phenoxy) is 1. The van der Waals surface area contributed by atoms with E-state index in [1.807, 2.05) is 12.1 Å². The first-order chi connectivity index (χ1) is 7.70. The van der Waals surface area contributed by atoms with Crippen molar-refractivity contribution in [2.24, 2.45) is 0 Å². The smallest absolute Gasteiger partial charge is 0.141 e. The zero-order valence-electron chi connectivity index (χ0n) is 8.41. The minimum Gasteiger partial charge on any atom is -0.371 e. The third-order valence-corrected chi connectivity index (χ3v) is 3.44. The number of aromatic nitrogens is 1. The summed E-state index contributed by atoms with van der Waals surface area (Å²) in [6.45, 7) is 1.60. The van der Waals surface area contributed by atoms with Gasteiger partial charge in [-0.3, -0.25) is 0 Å². The monoisotopic (exact) mass is 272 g/mol. The molecule has 0 atom stereocenters.